The lowest BCUT2D eigenvalue weighted by atomic mass is 9.82. The van der Waals surface area contributed by atoms with E-state index in [1.807, 2.05) is 41.5 Å². The highest BCUT2D eigenvalue weighted by molar-refractivity contribution is 5.76. The summed E-state index contributed by atoms with van der Waals surface area (Å²) in [7, 11) is 0. The Morgan fingerprint density at radius 2 is 1.05 bits per heavy atom. The van der Waals surface area contributed by atoms with Crippen molar-refractivity contribution < 1.29 is 58.4 Å². The van der Waals surface area contributed by atoms with Gasteiger partial charge in [0.05, 0.1) is 35.9 Å². The van der Waals surface area contributed by atoms with Crippen LogP contribution in [0, 0.1) is 34.5 Å². The van der Waals surface area contributed by atoms with Gasteiger partial charge in [-0.2, -0.15) is 0 Å². The first-order valence-electron chi connectivity index (χ1n) is 16.0. The molecule has 0 amide bonds. The highest BCUT2D eigenvalue weighted by atomic mass is 17.2. The Labute approximate surface area is 262 Å². The van der Waals surface area contributed by atoms with Crippen molar-refractivity contribution in [2.75, 3.05) is 39.6 Å². The SMILES string of the molecule is CCC(C)(C)C(=O)OCCOOCC1CCC(C(=O)O)CC1.CCC(C)(C)C(=O)OCCOOCC1CCCC(C(=O)O)C1. The van der Waals surface area contributed by atoms with Gasteiger partial charge in [-0.1, -0.05) is 20.3 Å². The molecular formula is C32H56O12. The van der Waals surface area contributed by atoms with Crippen LogP contribution in [0.5, 0.6) is 0 Å². The number of ether oxygens (including phenoxy) is 2. The Morgan fingerprint density at radius 1 is 0.591 bits per heavy atom. The molecule has 2 rings (SSSR count). The first-order chi connectivity index (χ1) is 20.7. The molecule has 2 N–H and O–H groups in total. The van der Waals surface area contributed by atoms with Crippen molar-refractivity contribution in [3.8, 4) is 0 Å². The lowest BCUT2D eigenvalue weighted by Crippen LogP contribution is -2.27. The Hall–Kier alpha value is -2.28. The molecule has 2 atom stereocenters. The largest absolute Gasteiger partial charge is 0.481 e. The molecule has 0 aromatic rings. The van der Waals surface area contributed by atoms with Crippen LogP contribution >= 0.6 is 0 Å². The zero-order valence-electron chi connectivity index (χ0n) is 27.6. The molecule has 2 saturated carbocycles. The highest BCUT2D eigenvalue weighted by Crippen LogP contribution is 2.30. The average Bonchev–Trinajstić information content (AvgIpc) is 3.00. The summed E-state index contributed by atoms with van der Waals surface area (Å²) in [5, 5.41) is 17.9. The fraction of sp³-hybridized carbons (Fsp3) is 0.875. The van der Waals surface area contributed by atoms with Crippen molar-refractivity contribution in [2.24, 2.45) is 34.5 Å². The molecule has 2 fully saturated rings. The van der Waals surface area contributed by atoms with Crippen LogP contribution in [0.3, 0.4) is 0 Å². The second-order valence-electron chi connectivity index (χ2n) is 13.1. The standard InChI is InChI=1S/2C16H28O6/c1-4-16(2,3)15(19)20-9-10-21-22-11-12-5-7-13(8-6-12)14(17)18;1-4-16(2,3)15(19)20-8-9-21-22-11-12-6-5-7-13(10-12)14(17)18/h2*12-13H,4-11H2,1-3H3,(H,17,18). The van der Waals surface area contributed by atoms with Gasteiger partial charge in [0.15, 0.2) is 0 Å². The normalized spacial score (nSPS) is 22.3. The van der Waals surface area contributed by atoms with E-state index in [2.05, 4.69) is 0 Å². The minimum atomic E-state index is -0.726. The van der Waals surface area contributed by atoms with Crippen LogP contribution < -0.4 is 0 Å². The summed E-state index contributed by atoms with van der Waals surface area (Å²) in [6.45, 7) is 12.8. The van der Waals surface area contributed by atoms with E-state index in [1.165, 1.54) is 0 Å². The number of rotatable bonds is 18. The number of hydrogen-bond donors (Lipinski definition) is 2. The predicted molar refractivity (Wildman–Crippen MR) is 160 cm³/mol. The van der Waals surface area contributed by atoms with Crippen LogP contribution in [0.4, 0.5) is 0 Å². The Morgan fingerprint density at radius 3 is 1.48 bits per heavy atom. The Balaban J connectivity index is 0.000000440. The lowest BCUT2D eigenvalue weighted by Gasteiger charge is -2.25. The van der Waals surface area contributed by atoms with Crippen molar-refractivity contribution in [1.82, 2.24) is 0 Å². The van der Waals surface area contributed by atoms with E-state index in [0.29, 0.717) is 38.4 Å². The highest BCUT2D eigenvalue weighted by Gasteiger charge is 2.29. The van der Waals surface area contributed by atoms with Gasteiger partial charge >= 0.3 is 23.9 Å². The molecule has 0 aromatic heterocycles. The van der Waals surface area contributed by atoms with Gasteiger partial charge in [-0.05, 0) is 97.3 Å². The maximum absolute atomic E-state index is 11.7. The van der Waals surface area contributed by atoms with Crippen LogP contribution in [-0.2, 0) is 48.2 Å². The number of hydrogen-bond acceptors (Lipinski definition) is 10. The molecule has 0 spiro atoms. The van der Waals surface area contributed by atoms with Crippen LogP contribution in [0.1, 0.15) is 106 Å². The van der Waals surface area contributed by atoms with Gasteiger partial charge in [0.2, 0.25) is 0 Å². The van der Waals surface area contributed by atoms with Gasteiger partial charge in [0, 0.05) is 0 Å². The van der Waals surface area contributed by atoms with Crippen LogP contribution in [0.2, 0.25) is 0 Å². The number of carboxylic acids is 2. The molecule has 12 nitrogen and oxygen atoms in total. The predicted octanol–water partition coefficient (Wildman–Crippen LogP) is 5.61. The van der Waals surface area contributed by atoms with E-state index in [0.717, 1.165) is 44.9 Å². The molecule has 0 radical (unpaired) electrons. The van der Waals surface area contributed by atoms with E-state index < -0.39 is 22.8 Å². The fourth-order valence-corrected chi connectivity index (χ4v) is 4.67. The summed E-state index contributed by atoms with van der Waals surface area (Å²) in [4.78, 5) is 65.5. The summed E-state index contributed by atoms with van der Waals surface area (Å²) in [6, 6.07) is 0. The molecule has 256 valence electrons. The van der Waals surface area contributed by atoms with Gasteiger partial charge in [-0.25, -0.2) is 19.6 Å². The maximum atomic E-state index is 11.7. The number of esters is 2. The van der Waals surface area contributed by atoms with Gasteiger partial charge in [-0.3, -0.25) is 19.2 Å². The van der Waals surface area contributed by atoms with Gasteiger partial charge in [-0.15, -0.1) is 0 Å². The van der Waals surface area contributed by atoms with E-state index in [9.17, 15) is 19.2 Å². The first kappa shape index (κ1) is 39.7. The molecule has 12 heteroatoms. The number of carboxylic acid groups (broad SMARTS) is 2. The summed E-state index contributed by atoms with van der Waals surface area (Å²) in [6.07, 6.45) is 7.80. The topological polar surface area (TPSA) is 164 Å². The van der Waals surface area contributed by atoms with Crippen molar-refractivity contribution in [3.63, 3.8) is 0 Å². The molecule has 0 aliphatic heterocycles. The second-order valence-corrected chi connectivity index (χ2v) is 13.1. The lowest BCUT2D eigenvalue weighted by molar-refractivity contribution is -0.306. The Bertz CT molecular complexity index is 863. The summed E-state index contributed by atoms with van der Waals surface area (Å²) < 4.78 is 10.2. The van der Waals surface area contributed by atoms with Gasteiger partial charge < -0.3 is 19.7 Å². The molecule has 0 saturated heterocycles. The molecular weight excluding hydrogens is 576 g/mol. The third-order valence-corrected chi connectivity index (χ3v) is 8.77. The van der Waals surface area contributed by atoms with Crippen LogP contribution in [0.15, 0.2) is 0 Å². The third-order valence-electron chi connectivity index (χ3n) is 8.77. The zero-order chi connectivity index (χ0) is 33.2. The quantitative estimate of drug-likeness (QED) is 0.0832. The Kier molecular flexibility index (Phi) is 18.7. The van der Waals surface area contributed by atoms with Crippen molar-refractivity contribution in [2.45, 2.75) is 106 Å². The zero-order valence-corrected chi connectivity index (χ0v) is 27.6. The van der Waals surface area contributed by atoms with Crippen LogP contribution in [0.25, 0.3) is 0 Å². The van der Waals surface area contributed by atoms with Gasteiger partial charge in [0.1, 0.15) is 26.4 Å². The molecule has 2 aliphatic carbocycles. The van der Waals surface area contributed by atoms with Gasteiger partial charge in [0.25, 0.3) is 0 Å². The maximum Gasteiger partial charge on any atom is 0.311 e. The summed E-state index contributed by atoms with van der Waals surface area (Å²) in [5.74, 6) is -1.81. The molecule has 0 bridgehead atoms. The molecule has 2 unspecified atom stereocenters. The van der Waals surface area contributed by atoms with Crippen molar-refractivity contribution in [1.29, 1.82) is 0 Å². The average molecular weight is 633 g/mol. The smallest absolute Gasteiger partial charge is 0.311 e. The molecule has 2 aliphatic rings. The van der Waals surface area contributed by atoms with E-state index >= 15 is 0 Å². The van der Waals surface area contributed by atoms with E-state index in [4.69, 9.17) is 39.2 Å². The molecule has 0 heterocycles. The minimum Gasteiger partial charge on any atom is -0.481 e. The van der Waals surface area contributed by atoms with E-state index in [1.54, 1.807) is 0 Å². The summed E-state index contributed by atoms with van der Waals surface area (Å²) >= 11 is 0. The second kappa shape index (κ2) is 20.7. The monoisotopic (exact) mass is 632 g/mol. The molecule has 44 heavy (non-hydrogen) atoms. The van der Waals surface area contributed by atoms with E-state index in [-0.39, 0.29) is 56.1 Å². The number of carbonyl (C=O) groups excluding carboxylic acids is 2. The summed E-state index contributed by atoms with van der Waals surface area (Å²) in [5.41, 5.74) is -0.946. The minimum absolute atomic E-state index is 0.157. The van der Waals surface area contributed by atoms with Crippen molar-refractivity contribution >= 4 is 23.9 Å². The molecule has 0 aromatic carbocycles. The first-order valence-corrected chi connectivity index (χ1v) is 16.0. The van der Waals surface area contributed by atoms with Crippen LogP contribution in [-0.4, -0.2) is 73.7 Å². The number of carbonyl (C=O) groups is 4. The third kappa shape index (κ3) is 15.6. The number of aliphatic carboxylic acids is 2. The van der Waals surface area contributed by atoms with Crippen molar-refractivity contribution in [3.05, 3.63) is 0 Å². The fourth-order valence-electron chi connectivity index (χ4n) is 4.67.